The van der Waals surface area contributed by atoms with Crippen LogP contribution in [0.25, 0.3) is 16.8 Å². The molecular weight excluding hydrogens is 467 g/mol. The number of hydrogen-bond donors (Lipinski definition) is 1. The van der Waals surface area contributed by atoms with E-state index in [1.807, 2.05) is 19.1 Å². The van der Waals surface area contributed by atoms with E-state index in [0.717, 1.165) is 43.1 Å². The highest BCUT2D eigenvalue weighted by atomic mass is 32.2. The van der Waals surface area contributed by atoms with Gasteiger partial charge in [-0.1, -0.05) is 12.1 Å². The van der Waals surface area contributed by atoms with E-state index in [2.05, 4.69) is 20.4 Å². The molecule has 12 heteroatoms. The van der Waals surface area contributed by atoms with Crippen molar-refractivity contribution in [3.8, 4) is 11.1 Å². The van der Waals surface area contributed by atoms with Gasteiger partial charge in [0.25, 0.3) is 11.1 Å². The minimum atomic E-state index is -3.71. The molecule has 2 aliphatic rings. The van der Waals surface area contributed by atoms with Crippen molar-refractivity contribution in [3.63, 3.8) is 0 Å². The minimum absolute atomic E-state index is 0.0905. The van der Waals surface area contributed by atoms with Crippen molar-refractivity contribution >= 4 is 35.3 Å². The molecule has 2 radical (unpaired) electrons. The molecule has 1 aromatic carbocycles. The maximum absolute atomic E-state index is 12.5. The quantitative estimate of drug-likeness (QED) is 0.494. The Hall–Kier alpha value is -2.99. The van der Waals surface area contributed by atoms with Gasteiger partial charge < -0.3 is 14.9 Å². The van der Waals surface area contributed by atoms with E-state index in [9.17, 15) is 13.2 Å². The van der Waals surface area contributed by atoms with Gasteiger partial charge in [0.05, 0.1) is 6.20 Å². The van der Waals surface area contributed by atoms with Crippen molar-refractivity contribution in [3.05, 3.63) is 35.5 Å². The summed E-state index contributed by atoms with van der Waals surface area (Å²) in [6.07, 6.45) is 6.44. The third-order valence-corrected chi connectivity index (χ3v) is 7.26. The number of benzene rings is 1. The molecular formula is C23H27BN6O4S. The van der Waals surface area contributed by atoms with Gasteiger partial charge in [-0.3, -0.25) is 4.79 Å². The number of sulfone groups is 1. The number of nitrogens with one attached hydrogen (secondary N) is 1. The zero-order valence-corrected chi connectivity index (χ0v) is 20.6. The van der Waals surface area contributed by atoms with Crippen LogP contribution in [0.15, 0.2) is 29.6 Å². The largest absolute Gasteiger partial charge is 0.394 e. The number of ether oxygens (including phenoxy) is 1. The first-order chi connectivity index (χ1) is 16.7. The highest BCUT2D eigenvalue weighted by molar-refractivity contribution is 7.90. The number of aromatic nitrogens is 4. The molecule has 2 aromatic heterocycles. The Kier molecular flexibility index (Phi) is 6.26. The average Bonchev–Trinajstić information content (AvgIpc) is 3.53. The van der Waals surface area contributed by atoms with Crippen LogP contribution in [0.2, 0.25) is 0 Å². The summed E-state index contributed by atoms with van der Waals surface area (Å²) in [5, 5.41) is 7.12. The van der Waals surface area contributed by atoms with Crippen LogP contribution in [-0.2, 0) is 14.6 Å². The van der Waals surface area contributed by atoms with Gasteiger partial charge >= 0.3 is 0 Å². The van der Waals surface area contributed by atoms with E-state index < -0.39 is 9.84 Å². The number of anilines is 1. The summed E-state index contributed by atoms with van der Waals surface area (Å²) >= 11 is 0. The van der Waals surface area contributed by atoms with Crippen molar-refractivity contribution in [2.75, 3.05) is 30.8 Å². The van der Waals surface area contributed by atoms with Crippen LogP contribution in [0.3, 0.4) is 0 Å². The maximum atomic E-state index is 12.5. The molecule has 1 saturated carbocycles. The fourth-order valence-corrected chi connectivity index (χ4v) is 4.77. The summed E-state index contributed by atoms with van der Waals surface area (Å²) in [4.78, 5) is 22.5. The van der Waals surface area contributed by atoms with E-state index in [4.69, 9.17) is 12.7 Å². The fraction of sp³-hybridized carbons (Fsp3) is 0.478. The molecule has 1 N–H and O–H groups in total. The van der Waals surface area contributed by atoms with Crippen molar-refractivity contribution in [2.24, 2.45) is 5.92 Å². The second-order valence-electron chi connectivity index (χ2n) is 9.36. The van der Waals surface area contributed by atoms with Crippen LogP contribution >= 0.6 is 0 Å². The molecule has 1 aliphatic carbocycles. The molecule has 1 aliphatic heterocycles. The lowest BCUT2D eigenvalue weighted by atomic mass is 9.98. The lowest BCUT2D eigenvalue weighted by Gasteiger charge is -2.28. The smallest absolute Gasteiger partial charge is 0.252 e. The topological polar surface area (TPSA) is 119 Å². The molecule has 0 spiro atoms. The molecule has 2 fully saturated rings. The SMILES string of the molecule is [B]N(CC1CCOCC1)c1nc(S(C)(=O)=O)nc2c(-c3ccc(C(=O)NC4CC4)c(C)c3)cnn12. The Bertz CT molecular complexity index is 1380. The summed E-state index contributed by atoms with van der Waals surface area (Å²) in [7, 11) is 2.67. The molecule has 3 heterocycles. The number of carbonyl (C=O) groups excluding carboxylic acids is 1. The molecule has 182 valence electrons. The normalized spacial score (nSPS) is 17.0. The van der Waals surface area contributed by atoms with Gasteiger partial charge in [-0.2, -0.15) is 19.6 Å². The first-order valence-electron chi connectivity index (χ1n) is 11.7. The summed E-state index contributed by atoms with van der Waals surface area (Å²) in [6.45, 7) is 3.70. The lowest BCUT2D eigenvalue weighted by molar-refractivity contribution is 0.0690. The van der Waals surface area contributed by atoms with Crippen molar-refractivity contribution in [2.45, 2.75) is 43.8 Å². The number of rotatable bonds is 7. The average molecular weight is 494 g/mol. The minimum Gasteiger partial charge on any atom is -0.394 e. The standard InChI is InChI=1S/C23H27BN6O4S/c1-14-11-16(3-6-18(14)21(31)26-17-4-5-17)19-12-25-30-20(19)27-22(35(2,32)33)28-23(30)29(24)13-15-7-9-34-10-8-15/h3,6,11-12,15,17H,4-5,7-10,13H2,1-2H3,(H,26,31). The van der Waals surface area contributed by atoms with Gasteiger partial charge in [0.1, 0.15) is 0 Å². The summed E-state index contributed by atoms with van der Waals surface area (Å²) in [5.41, 5.74) is 3.12. The van der Waals surface area contributed by atoms with E-state index in [0.29, 0.717) is 42.5 Å². The summed E-state index contributed by atoms with van der Waals surface area (Å²) in [5.74, 6) is 0.407. The van der Waals surface area contributed by atoms with Gasteiger partial charge in [-0.25, -0.2) is 8.42 Å². The van der Waals surface area contributed by atoms with Crippen molar-refractivity contribution in [1.82, 2.24) is 24.9 Å². The number of amides is 1. The Morgan fingerprint density at radius 3 is 2.63 bits per heavy atom. The van der Waals surface area contributed by atoms with Crippen LogP contribution in [0.5, 0.6) is 0 Å². The second-order valence-corrected chi connectivity index (χ2v) is 11.3. The first-order valence-corrected chi connectivity index (χ1v) is 13.6. The van der Waals surface area contributed by atoms with Crippen LogP contribution in [0.1, 0.15) is 41.6 Å². The highest BCUT2D eigenvalue weighted by Crippen LogP contribution is 2.29. The van der Waals surface area contributed by atoms with Gasteiger partial charge in [-0.05, 0) is 55.7 Å². The zero-order chi connectivity index (χ0) is 24.7. The Balaban J connectivity index is 1.54. The number of hydrogen-bond acceptors (Lipinski definition) is 8. The van der Waals surface area contributed by atoms with Crippen LogP contribution in [0, 0.1) is 12.8 Å². The van der Waals surface area contributed by atoms with E-state index in [-0.39, 0.29) is 23.1 Å². The van der Waals surface area contributed by atoms with Gasteiger partial charge in [0.15, 0.2) is 5.65 Å². The lowest BCUT2D eigenvalue weighted by Crippen LogP contribution is -2.33. The molecule has 3 aromatic rings. The summed E-state index contributed by atoms with van der Waals surface area (Å²) in [6, 6.07) is 5.73. The third kappa shape index (κ3) is 5.03. The molecule has 5 rings (SSSR count). The summed E-state index contributed by atoms with van der Waals surface area (Å²) < 4.78 is 31.7. The number of nitrogens with zero attached hydrogens (tertiary/aromatic N) is 5. The fourth-order valence-electron chi connectivity index (χ4n) is 4.27. The van der Waals surface area contributed by atoms with Crippen molar-refractivity contribution < 1.29 is 17.9 Å². The molecule has 0 atom stereocenters. The van der Waals surface area contributed by atoms with Crippen LogP contribution in [-0.4, -0.2) is 73.9 Å². The highest BCUT2D eigenvalue weighted by Gasteiger charge is 2.26. The number of aryl methyl sites for hydroxylation is 1. The maximum Gasteiger partial charge on any atom is 0.252 e. The van der Waals surface area contributed by atoms with E-state index in [1.54, 1.807) is 12.3 Å². The Morgan fingerprint density at radius 1 is 1.23 bits per heavy atom. The van der Waals surface area contributed by atoms with Crippen molar-refractivity contribution in [1.29, 1.82) is 0 Å². The third-order valence-electron chi connectivity index (χ3n) is 6.41. The number of carbonyl (C=O) groups is 1. The van der Waals surface area contributed by atoms with E-state index >= 15 is 0 Å². The molecule has 35 heavy (non-hydrogen) atoms. The predicted octanol–water partition coefficient (Wildman–Crippen LogP) is 1.71. The van der Waals surface area contributed by atoms with E-state index in [1.165, 1.54) is 9.33 Å². The zero-order valence-electron chi connectivity index (χ0n) is 19.8. The molecule has 1 saturated heterocycles. The Morgan fingerprint density at radius 2 is 1.97 bits per heavy atom. The van der Waals surface area contributed by atoms with Gasteiger partial charge in [0, 0.05) is 43.2 Å². The van der Waals surface area contributed by atoms with Crippen LogP contribution in [0.4, 0.5) is 5.95 Å². The second kappa shape index (κ2) is 9.23. The molecule has 0 bridgehead atoms. The molecule has 10 nitrogen and oxygen atoms in total. The molecule has 1 amide bonds. The molecule has 0 unspecified atom stereocenters. The monoisotopic (exact) mass is 494 g/mol. The van der Waals surface area contributed by atoms with Crippen LogP contribution < -0.4 is 10.1 Å². The number of fused-ring (bicyclic) bond motifs is 1. The first kappa shape index (κ1) is 23.7. The predicted molar refractivity (Wildman–Crippen MR) is 131 cm³/mol. The Labute approximate surface area is 205 Å². The van der Waals surface area contributed by atoms with Gasteiger partial charge in [-0.15, -0.1) is 0 Å². The van der Waals surface area contributed by atoms with Gasteiger partial charge in [0.2, 0.25) is 23.8 Å².